The fourth-order valence-electron chi connectivity index (χ4n) is 5.79. The van der Waals surface area contributed by atoms with E-state index in [4.69, 9.17) is 0 Å². The van der Waals surface area contributed by atoms with Crippen molar-refractivity contribution in [3.05, 3.63) is 58.3 Å². The van der Waals surface area contributed by atoms with Crippen molar-refractivity contribution in [1.29, 1.82) is 0 Å². The average Bonchev–Trinajstić information content (AvgIpc) is 3.38. The lowest BCUT2D eigenvalue weighted by molar-refractivity contribution is -0.132. The number of likely N-dealkylation sites (tertiary alicyclic amines) is 1. The zero-order valence-electron chi connectivity index (χ0n) is 21.8. The maximum Gasteiger partial charge on any atom is 0.252 e. The van der Waals surface area contributed by atoms with Gasteiger partial charge in [0.05, 0.1) is 18.2 Å². The van der Waals surface area contributed by atoms with Crippen molar-refractivity contribution in [2.45, 2.75) is 83.0 Å². The lowest BCUT2D eigenvalue weighted by atomic mass is 9.72. The largest absolute Gasteiger partial charge is 0.390 e. The number of hydrogen-bond donors (Lipinski definition) is 3. The van der Waals surface area contributed by atoms with E-state index in [1.807, 2.05) is 61.9 Å². The predicted octanol–water partition coefficient (Wildman–Crippen LogP) is 4.25. The van der Waals surface area contributed by atoms with E-state index < -0.39 is 12.1 Å². The second kappa shape index (κ2) is 11.9. The van der Waals surface area contributed by atoms with E-state index in [1.165, 1.54) is 37.0 Å². The molecule has 0 spiro atoms. The highest BCUT2D eigenvalue weighted by atomic mass is 32.1. The Morgan fingerprint density at radius 3 is 2.50 bits per heavy atom. The van der Waals surface area contributed by atoms with E-state index >= 15 is 0 Å². The van der Waals surface area contributed by atoms with Gasteiger partial charge in [-0.3, -0.25) is 14.5 Å². The maximum absolute atomic E-state index is 13.4. The standard InChI is InChI=1S/C29H41N3O3S/c1-29(2,3)31-28(35)25-16-21-11-7-8-12-22(21)17-32(25)18-26(33)24(15-20-9-5-4-6-10-20)30-27(34)23-13-14-36-19-23/h4-6,9-10,13-14,19,21-22,24-26,33H,7-8,11-12,15-18H2,1-3H3,(H,30,34)(H,31,35)/t21?,22?,24?,25-,26?/m0/s1. The summed E-state index contributed by atoms with van der Waals surface area (Å²) in [7, 11) is 0. The fraction of sp³-hybridized carbons (Fsp3) is 0.586. The van der Waals surface area contributed by atoms with Gasteiger partial charge in [0, 0.05) is 29.6 Å². The van der Waals surface area contributed by atoms with Gasteiger partial charge >= 0.3 is 0 Å². The van der Waals surface area contributed by atoms with Crippen LogP contribution >= 0.6 is 11.3 Å². The summed E-state index contributed by atoms with van der Waals surface area (Å²) in [5.41, 5.74) is 1.35. The summed E-state index contributed by atoms with van der Waals surface area (Å²) in [6.07, 6.45) is 5.41. The van der Waals surface area contributed by atoms with E-state index in [0.717, 1.165) is 18.5 Å². The Bertz CT molecular complexity index is 989. The molecular formula is C29H41N3O3S. The van der Waals surface area contributed by atoms with Crippen molar-refractivity contribution in [2.24, 2.45) is 11.8 Å². The van der Waals surface area contributed by atoms with Crippen molar-refractivity contribution < 1.29 is 14.7 Å². The van der Waals surface area contributed by atoms with Crippen LogP contribution in [0.2, 0.25) is 0 Å². The molecule has 1 aliphatic carbocycles. The van der Waals surface area contributed by atoms with E-state index in [0.29, 0.717) is 30.4 Å². The zero-order chi connectivity index (χ0) is 25.7. The molecule has 1 saturated heterocycles. The first-order chi connectivity index (χ1) is 17.2. The van der Waals surface area contributed by atoms with Gasteiger partial charge in [-0.25, -0.2) is 0 Å². The van der Waals surface area contributed by atoms with E-state index in [2.05, 4.69) is 15.5 Å². The highest BCUT2D eigenvalue weighted by Crippen LogP contribution is 2.39. The van der Waals surface area contributed by atoms with Gasteiger partial charge in [0.25, 0.3) is 5.91 Å². The molecule has 2 heterocycles. The molecule has 5 atom stereocenters. The number of nitrogens with zero attached hydrogens (tertiary/aromatic N) is 1. The minimum atomic E-state index is -0.808. The summed E-state index contributed by atoms with van der Waals surface area (Å²) < 4.78 is 0. The Hall–Kier alpha value is -2.22. The molecule has 2 aromatic rings. The number of carbonyl (C=O) groups is 2. The second-order valence-electron chi connectivity index (χ2n) is 11.6. The lowest BCUT2D eigenvalue weighted by Crippen LogP contribution is -2.60. The van der Waals surface area contributed by atoms with Gasteiger partial charge in [-0.2, -0.15) is 11.3 Å². The molecule has 196 valence electrons. The first-order valence-electron chi connectivity index (χ1n) is 13.3. The predicted molar refractivity (Wildman–Crippen MR) is 145 cm³/mol. The van der Waals surface area contributed by atoms with Gasteiger partial charge in [-0.15, -0.1) is 0 Å². The highest BCUT2D eigenvalue weighted by molar-refractivity contribution is 7.08. The molecule has 1 aromatic heterocycles. The van der Waals surface area contributed by atoms with Crippen LogP contribution in [-0.4, -0.2) is 58.6 Å². The van der Waals surface area contributed by atoms with Crippen LogP contribution in [0.4, 0.5) is 0 Å². The number of aliphatic hydroxyl groups excluding tert-OH is 1. The molecule has 4 rings (SSSR count). The van der Waals surface area contributed by atoms with Crippen molar-refractivity contribution in [2.75, 3.05) is 13.1 Å². The van der Waals surface area contributed by atoms with E-state index in [1.54, 1.807) is 6.07 Å². The number of β-amino-alcohol motifs (C(OH)–C–C–N with tert-alkyl or cyclic N) is 1. The fourth-order valence-corrected chi connectivity index (χ4v) is 6.43. The van der Waals surface area contributed by atoms with Gasteiger partial charge in [-0.1, -0.05) is 49.6 Å². The third kappa shape index (κ3) is 7.17. The Labute approximate surface area is 219 Å². The third-order valence-corrected chi connectivity index (χ3v) is 8.27. The molecule has 1 aromatic carbocycles. The van der Waals surface area contributed by atoms with Gasteiger partial charge in [0.1, 0.15) is 0 Å². The van der Waals surface area contributed by atoms with Gasteiger partial charge < -0.3 is 15.7 Å². The zero-order valence-corrected chi connectivity index (χ0v) is 22.6. The Morgan fingerprint density at radius 2 is 1.83 bits per heavy atom. The van der Waals surface area contributed by atoms with Gasteiger partial charge in [0.15, 0.2) is 0 Å². The molecule has 4 unspecified atom stereocenters. The number of rotatable bonds is 8. The Balaban J connectivity index is 1.52. The number of hydrogen-bond acceptors (Lipinski definition) is 5. The SMILES string of the molecule is CC(C)(C)NC(=O)[C@@H]1CC2CCCCC2CN1CC(O)C(Cc1ccccc1)NC(=O)c1ccsc1. The molecule has 2 fully saturated rings. The number of carbonyl (C=O) groups excluding carboxylic acids is 2. The Kier molecular flexibility index (Phi) is 8.86. The van der Waals surface area contributed by atoms with Crippen molar-refractivity contribution in [3.8, 4) is 0 Å². The van der Waals surface area contributed by atoms with Crippen LogP contribution in [0.1, 0.15) is 68.8 Å². The Morgan fingerprint density at radius 1 is 1.11 bits per heavy atom. The third-order valence-electron chi connectivity index (χ3n) is 7.59. The molecule has 1 saturated carbocycles. The topological polar surface area (TPSA) is 81.7 Å². The summed E-state index contributed by atoms with van der Waals surface area (Å²) in [5, 5.41) is 21.5. The summed E-state index contributed by atoms with van der Waals surface area (Å²) in [6, 6.07) is 11.0. The second-order valence-corrected chi connectivity index (χ2v) is 12.4. The minimum Gasteiger partial charge on any atom is -0.390 e. The molecule has 0 bridgehead atoms. The molecule has 3 N–H and O–H groups in total. The smallest absolute Gasteiger partial charge is 0.252 e. The monoisotopic (exact) mass is 511 g/mol. The van der Waals surface area contributed by atoms with Crippen LogP contribution in [0.5, 0.6) is 0 Å². The van der Waals surface area contributed by atoms with Gasteiger partial charge in [-0.05, 0) is 68.9 Å². The molecule has 0 radical (unpaired) electrons. The quantitative estimate of drug-likeness (QED) is 0.495. The number of fused-ring (bicyclic) bond motifs is 1. The van der Waals surface area contributed by atoms with Crippen LogP contribution in [0.25, 0.3) is 0 Å². The van der Waals surface area contributed by atoms with Crippen molar-refractivity contribution in [1.82, 2.24) is 15.5 Å². The summed E-state index contributed by atoms with van der Waals surface area (Å²) in [6.45, 7) is 7.19. The van der Waals surface area contributed by atoms with Crippen LogP contribution in [-0.2, 0) is 11.2 Å². The number of benzene rings is 1. The molecular weight excluding hydrogens is 470 g/mol. The summed E-state index contributed by atoms with van der Waals surface area (Å²) >= 11 is 1.48. The van der Waals surface area contributed by atoms with Crippen molar-refractivity contribution in [3.63, 3.8) is 0 Å². The number of nitrogens with one attached hydrogen (secondary N) is 2. The molecule has 2 amide bonds. The molecule has 2 aliphatic rings. The lowest BCUT2D eigenvalue weighted by Gasteiger charge is -2.47. The van der Waals surface area contributed by atoms with Crippen LogP contribution in [0.15, 0.2) is 47.2 Å². The minimum absolute atomic E-state index is 0.0423. The van der Waals surface area contributed by atoms with Gasteiger partial charge in [0.2, 0.25) is 5.91 Å². The summed E-state index contributed by atoms with van der Waals surface area (Å²) in [5.74, 6) is 1.00. The van der Waals surface area contributed by atoms with Crippen molar-refractivity contribution >= 4 is 23.2 Å². The molecule has 7 heteroatoms. The number of amides is 2. The molecule has 36 heavy (non-hydrogen) atoms. The summed E-state index contributed by atoms with van der Waals surface area (Å²) in [4.78, 5) is 28.5. The number of aliphatic hydroxyl groups is 1. The van der Waals surface area contributed by atoms with Crippen LogP contribution < -0.4 is 10.6 Å². The van der Waals surface area contributed by atoms with Crippen LogP contribution in [0, 0.1) is 11.8 Å². The molecule has 6 nitrogen and oxygen atoms in total. The van der Waals surface area contributed by atoms with E-state index in [9.17, 15) is 14.7 Å². The highest BCUT2D eigenvalue weighted by Gasteiger charge is 2.41. The van der Waals surface area contributed by atoms with Crippen LogP contribution in [0.3, 0.4) is 0 Å². The average molecular weight is 512 g/mol. The van der Waals surface area contributed by atoms with E-state index in [-0.39, 0.29) is 23.4 Å². The number of piperidine rings is 1. The normalized spacial score (nSPS) is 24.4. The maximum atomic E-state index is 13.4. The molecule has 1 aliphatic heterocycles. The number of thiophene rings is 1. The first kappa shape index (κ1) is 26.8. The first-order valence-corrected chi connectivity index (χ1v) is 14.2.